The third-order valence-electron chi connectivity index (χ3n) is 6.21. The highest BCUT2D eigenvalue weighted by atomic mass is 16.5. The van der Waals surface area contributed by atoms with Gasteiger partial charge in [-0.15, -0.1) is 0 Å². The van der Waals surface area contributed by atoms with Crippen molar-refractivity contribution in [2.75, 3.05) is 11.5 Å². The summed E-state index contributed by atoms with van der Waals surface area (Å²) in [7, 11) is 0. The van der Waals surface area contributed by atoms with E-state index in [1.54, 1.807) is 6.92 Å². The van der Waals surface area contributed by atoms with E-state index in [2.05, 4.69) is 4.98 Å². The minimum atomic E-state index is -0.559. The Morgan fingerprint density at radius 2 is 1.97 bits per heavy atom. The van der Waals surface area contributed by atoms with Crippen molar-refractivity contribution in [1.82, 2.24) is 4.98 Å². The number of Topliss-reactive ketones (excluding diaryl/α,β-unsaturated/α-hetero) is 1. The van der Waals surface area contributed by atoms with Crippen LogP contribution in [0.1, 0.15) is 37.7 Å². The zero-order valence-corrected chi connectivity index (χ0v) is 17.9. The zero-order valence-electron chi connectivity index (χ0n) is 17.9. The Morgan fingerprint density at radius 1 is 1.16 bits per heavy atom. The van der Waals surface area contributed by atoms with E-state index in [9.17, 15) is 9.59 Å². The molecule has 0 bridgehead atoms. The number of allylic oxidation sites excluding steroid dienone is 2. The van der Waals surface area contributed by atoms with Gasteiger partial charge in [0.2, 0.25) is 0 Å². The number of nitrogens with two attached hydrogens (primary N) is 1. The summed E-state index contributed by atoms with van der Waals surface area (Å²) in [5.41, 5.74) is 11.2. The van der Waals surface area contributed by atoms with Crippen LogP contribution in [-0.4, -0.2) is 23.3 Å². The van der Waals surface area contributed by atoms with Crippen molar-refractivity contribution < 1.29 is 14.3 Å². The van der Waals surface area contributed by atoms with Gasteiger partial charge in [-0.05, 0) is 61.0 Å². The van der Waals surface area contributed by atoms with Crippen LogP contribution in [0.15, 0.2) is 83.5 Å². The number of carbonyl (C=O) groups is 2. The number of para-hydroxylation sites is 1. The molecule has 3 N–H and O–H groups in total. The average molecular weight is 428 g/mol. The van der Waals surface area contributed by atoms with Crippen molar-refractivity contribution in [3.8, 4) is 0 Å². The van der Waals surface area contributed by atoms with Crippen LogP contribution < -0.4 is 10.6 Å². The molecule has 1 aliphatic heterocycles. The number of carbonyl (C=O) groups excluding carboxylic acids is 2. The lowest BCUT2D eigenvalue weighted by Crippen LogP contribution is -2.41. The number of nitrogens with one attached hydrogen (secondary N) is 1. The molecule has 2 heterocycles. The second kappa shape index (κ2) is 8.04. The molecule has 162 valence electrons. The number of hydrogen-bond donors (Lipinski definition) is 2. The fraction of sp³-hybridized carbons (Fsp3) is 0.231. The molecule has 0 saturated heterocycles. The van der Waals surface area contributed by atoms with E-state index in [4.69, 9.17) is 10.5 Å². The van der Waals surface area contributed by atoms with Crippen LogP contribution in [0.25, 0.3) is 10.9 Å². The molecule has 0 fully saturated rings. The molecule has 3 aromatic rings. The first kappa shape index (κ1) is 20.1. The Morgan fingerprint density at radius 3 is 2.75 bits per heavy atom. The molecule has 0 unspecified atom stereocenters. The van der Waals surface area contributed by atoms with Crippen LogP contribution in [0.4, 0.5) is 5.69 Å². The van der Waals surface area contributed by atoms with Gasteiger partial charge in [-0.25, -0.2) is 4.79 Å². The number of rotatable bonds is 4. The first-order valence-electron chi connectivity index (χ1n) is 11.0. The van der Waals surface area contributed by atoms with E-state index in [0.717, 1.165) is 40.7 Å². The number of anilines is 1. The van der Waals surface area contributed by atoms with E-state index in [1.165, 1.54) is 0 Å². The van der Waals surface area contributed by atoms with E-state index < -0.39 is 11.9 Å². The highest BCUT2D eigenvalue weighted by Crippen LogP contribution is 2.47. The number of ketones is 1. The van der Waals surface area contributed by atoms with Crippen LogP contribution in [0, 0.1) is 0 Å². The van der Waals surface area contributed by atoms with E-state index in [-0.39, 0.29) is 12.4 Å². The second-order valence-corrected chi connectivity index (χ2v) is 8.08. The van der Waals surface area contributed by atoms with Gasteiger partial charge in [0.15, 0.2) is 5.78 Å². The normalized spacial score (nSPS) is 18.8. The van der Waals surface area contributed by atoms with Gasteiger partial charge in [0, 0.05) is 35.1 Å². The van der Waals surface area contributed by atoms with Crippen molar-refractivity contribution in [3.05, 3.63) is 89.0 Å². The first-order chi connectivity index (χ1) is 15.6. The molecule has 6 heteroatoms. The van der Waals surface area contributed by atoms with Crippen LogP contribution in [0.3, 0.4) is 0 Å². The molecule has 1 aliphatic carbocycles. The molecule has 1 aromatic heterocycles. The molecule has 1 atom stereocenters. The predicted octanol–water partition coefficient (Wildman–Crippen LogP) is 4.51. The molecule has 0 spiro atoms. The summed E-state index contributed by atoms with van der Waals surface area (Å²) in [5, 5.41) is 1.01. The monoisotopic (exact) mass is 427 g/mol. The average Bonchev–Trinajstić information content (AvgIpc) is 3.27. The molecular weight excluding hydrogens is 402 g/mol. The standard InChI is InChI=1S/C26H25N3O3/c1-2-32-26(31)24-22(17-11-12-19-16(15-17)13-14-28-19)23-20(9-6-10-21(23)30)29(25(24)27)18-7-4-3-5-8-18/h3-5,7-8,11-15,22,28H,2,6,9-10,27H2,1H3/t22-/m1/s1. The largest absolute Gasteiger partial charge is 0.463 e. The fourth-order valence-electron chi connectivity index (χ4n) is 4.85. The van der Waals surface area contributed by atoms with E-state index in [1.807, 2.05) is 65.7 Å². The minimum Gasteiger partial charge on any atom is -0.463 e. The van der Waals surface area contributed by atoms with Gasteiger partial charge in [-0.2, -0.15) is 0 Å². The van der Waals surface area contributed by atoms with Gasteiger partial charge in [-0.1, -0.05) is 24.3 Å². The van der Waals surface area contributed by atoms with Crippen molar-refractivity contribution in [1.29, 1.82) is 0 Å². The molecule has 0 amide bonds. The molecule has 6 nitrogen and oxygen atoms in total. The topological polar surface area (TPSA) is 88.4 Å². The van der Waals surface area contributed by atoms with Crippen molar-refractivity contribution in [2.24, 2.45) is 5.73 Å². The highest BCUT2D eigenvalue weighted by Gasteiger charge is 2.43. The maximum Gasteiger partial charge on any atom is 0.338 e. The number of H-pyrrole nitrogens is 1. The molecule has 2 aromatic carbocycles. The molecule has 0 radical (unpaired) electrons. The SMILES string of the molecule is CCOC(=O)C1=C(N)N(c2ccccc2)C2=C(C(=O)CCC2)[C@H]1c1ccc2[nH]ccc2c1. The van der Waals surface area contributed by atoms with Gasteiger partial charge < -0.3 is 15.5 Å². The molecular formula is C26H25N3O3. The molecule has 2 aliphatic rings. The third-order valence-corrected chi connectivity index (χ3v) is 6.21. The number of fused-ring (bicyclic) bond motifs is 1. The van der Waals surface area contributed by atoms with Crippen molar-refractivity contribution in [3.63, 3.8) is 0 Å². The number of aromatic nitrogens is 1. The number of ether oxygens (including phenoxy) is 1. The Balaban J connectivity index is 1.77. The Bertz CT molecular complexity index is 1270. The second-order valence-electron chi connectivity index (χ2n) is 8.08. The predicted molar refractivity (Wildman–Crippen MR) is 124 cm³/mol. The molecule has 0 saturated carbocycles. The van der Waals surface area contributed by atoms with Crippen LogP contribution in [-0.2, 0) is 14.3 Å². The van der Waals surface area contributed by atoms with E-state index in [0.29, 0.717) is 23.4 Å². The number of nitrogens with zero attached hydrogens (tertiary/aromatic N) is 1. The summed E-state index contributed by atoms with van der Waals surface area (Å²) in [6.07, 6.45) is 3.81. The quantitative estimate of drug-likeness (QED) is 0.598. The Kier molecular flexibility index (Phi) is 5.05. The third kappa shape index (κ3) is 3.19. The fourth-order valence-corrected chi connectivity index (χ4v) is 4.85. The lowest BCUT2D eigenvalue weighted by molar-refractivity contribution is -0.138. The van der Waals surface area contributed by atoms with Gasteiger partial charge >= 0.3 is 5.97 Å². The van der Waals surface area contributed by atoms with Crippen molar-refractivity contribution >= 4 is 28.3 Å². The van der Waals surface area contributed by atoms with Crippen LogP contribution >= 0.6 is 0 Å². The lowest BCUT2D eigenvalue weighted by Gasteiger charge is -2.40. The number of hydrogen-bond acceptors (Lipinski definition) is 5. The lowest BCUT2D eigenvalue weighted by atomic mass is 9.75. The highest BCUT2D eigenvalue weighted by molar-refractivity contribution is 6.05. The zero-order chi connectivity index (χ0) is 22.2. The van der Waals surface area contributed by atoms with Gasteiger partial charge in [-0.3, -0.25) is 9.69 Å². The van der Waals surface area contributed by atoms with Crippen LogP contribution in [0.2, 0.25) is 0 Å². The molecule has 32 heavy (non-hydrogen) atoms. The number of benzene rings is 2. The summed E-state index contributed by atoms with van der Waals surface area (Å²) >= 11 is 0. The van der Waals surface area contributed by atoms with Gasteiger partial charge in [0.05, 0.1) is 18.1 Å². The van der Waals surface area contributed by atoms with Gasteiger partial charge in [0.1, 0.15) is 5.82 Å². The molecule has 5 rings (SSSR count). The summed E-state index contributed by atoms with van der Waals surface area (Å²) < 4.78 is 5.43. The summed E-state index contributed by atoms with van der Waals surface area (Å²) in [6, 6.07) is 17.6. The first-order valence-corrected chi connectivity index (χ1v) is 11.0. The smallest absolute Gasteiger partial charge is 0.338 e. The number of esters is 1. The maximum absolute atomic E-state index is 13.3. The van der Waals surface area contributed by atoms with E-state index >= 15 is 0 Å². The maximum atomic E-state index is 13.3. The van der Waals surface area contributed by atoms with Crippen LogP contribution in [0.5, 0.6) is 0 Å². The number of aromatic amines is 1. The minimum absolute atomic E-state index is 0.0562. The summed E-state index contributed by atoms with van der Waals surface area (Å²) in [5.74, 6) is -0.672. The van der Waals surface area contributed by atoms with Gasteiger partial charge in [0.25, 0.3) is 0 Å². The Hall–Kier alpha value is -3.80. The van der Waals surface area contributed by atoms with Crippen molar-refractivity contribution in [2.45, 2.75) is 32.1 Å². The Labute approximate surface area is 186 Å². The summed E-state index contributed by atoms with van der Waals surface area (Å²) in [4.78, 5) is 31.6. The summed E-state index contributed by atoms with van der Waals surface area (Å²) in [6.45, 7) is 1.99.